The number of aliphatic hydroxyl groups is 3. The zero-order valence-electron chi connectivity index (χ0n) is 26.3. The summed E-state index contributed by atoms with van der Waals surface area (Å²) in [6, 6.07) is 0. The highest BCUT2D eigenvalue weighted by Gasteiger charge is 2.62. The highest BCUT2D eigenvalue weighted by Crippen LogP contribution is 2.61. The van der Waals surface area contributed by atoms with Crippen LogP contribution in [0.25, 0.3) is 11.2 Å². The fraction of sp³-hybridized carbons (Fsp3) is 0.478. The van der Waals surface area contributed by atoms with Gasteiger partial charge in [-0.1, -0.05) is 6.08 Å². The van der Waals surface area contributed by atoms with E-state index in [9.17, 15) is 63.0 Å². The number of hydrogen-bond donors (Lipinski definition) is 9. The molecule has 2 saturated heterocycles. The number of amides is 1. The first kappa shape index (κ1) is 40.6. The molecule has 0 aliphatic carbocycles. The van der Waals surface area contributed by atoms with E-state index in [4.69, 9.17) is 25.7 Å². The Balaban J connectivity index is 1.31. The van der Waals surface area contributed by atoms with E-state index in [1.165, 1.54) is 23.4 Å². The molecular weight excluding hydrogens is 787 g/mol. The van der Waals surface area contributed by atoms with Crippen LogP contribution < -0.4 is 11.5 Å². The molecule has 0 radical (unpaired) electrons. The highest BCUT2D eigenvalue weighted by atomic mass is 31.3. The Morgan fingerprint density at radius 2 is 1.74 bits per heavy atom. The number of esters is 1. The molecular formula is C23H30N7O20P3. The first-order valence-electron chi connectivity index (χ1n) is 14.5. The number of carbonyl (C=O) groups is 3. The number of aldehydes is 1. The van der Waals surface area contributed by atoms with Crippen molar-refractivity contribution in [1.82, 2.24) is 24.4 Å². The number of hydrogen-bond acceptors (Lipinski definition) is 21. The second kappa shape index (κ2) is 15.3. The number of rotatable bonds is 15. The van der Waals surface area contributed by atoms with Crippen LogP contribution in [0.15, 0.2) is 36.7 Å². The average Bonchev–Trinajstić information content (AvgIpc) is 3.71. The second-order valence-corrected chi connectivity index (χ2v) is 15.4. The molecule has 5 heterocycles. The minimum atomic E-state index is -5.89. The van der Waals surface area contributed by atoms with Crippen LogP contribution in [-0.4, -0.2) is 133 Å². The Hall–Kier alpha value is -3.59. The third-order valence-corrected chi connectivity index (χ3v) is 10.7. The van der Waals surface area contributed by atoms with Crippen molar-refractivity contribution in [3.63, 3.8) is 0 Å². The van der Waals surface area contributed by atoms with Gasteiger partial charge in [-0.15, -0.1) is 0 Å². The maximum Gasteiger partial charge on any atom is 0.481 e. The fourth-order valence-corrected chi connectivity index (χ4v) is 7.88. The molecule has 3 aliphatic rings. The lowest BCUT2D eigenvalue weighted by atomic mass is 10.1. The zero-order valence-corrected chi connectivity index (χ0v) is 29.0. The lowest BCUT2D eigenvalue weighted by molar-refractivity contribution is -0.265. The molecule has 1 amide bonds. The van der Waals surface area contributed by atoms with Gasteiger partial charge < -0.3 is 65.5 Å². The van der Waals surface area contributed by atoms with Gasteiger partial charge in [0.15, 0.2) is 30.0 Å². The Morgan fingerprint density at radius 3 is 2.40 bits per heavy atom. The van der Waals surface area contributed by atoms with Crippen LogP contribution in [0.3, 0.4) is 0 Å². The molecule has 53 heavy (non-hydrogen) atoms. The van der Waals surface area contributed by atoms with E-state index in [0.29, 0.717) is 0 Å². The van der Waals surface area contributed by atoms with Crippen molar-refractivity contribution in [3.8, 4) is 0 Å². The summed E-state index contributed by atoms with van der Waals surface area (Å²) in [5.74, 6) is -5.95. The smallest absolute Gasteiger partial charge is 0.422 e. The molecule has 2 unspecified atom stereocenters. The molecule has 2 fully saturated rings. The maximum atomic E-state index is 12.9. The van der Waals surface area contributed by atoms with E-state index in [-0.39, 0.29) is 29.0 Å². The van der Waals surface area contributed by atoms with Gasteiger partial charge in [-0.2, -0.15) is 4.31 Å². The van der Waals surface area contributed by atoms with E-state index in [0.717, 1.165) is 17.2 Å². The molecule has 292 valence electrons. The van der Waals surface area contributed by atoms with Gasteiger partial charge in [0.1, 0.15) is 42.9 Å². The summed E-state index contributed by atoms with van der Waals surface area (Å²) in [6.07, 6.45) is -7.55. The van der Waals surface area contributed by atoms with E-state index in [1.54, 1.807) is 0 Å². The number of allylic oxidation sites excluding steroid dienone is 1. The molecule has 5 rings (SSSR count). The van der Waals surface area contributed by atoms with Crippen LogP contribution >= 0.6 is 23.5 Å². The number of nitrogens with zero attached hydrogens (tertiary/aromatic N) is 5. The van der Waals surface area contributed by atoms with Crippen molar-refractivity contribution in [2.75, 3.05) is 18.9 Å². The van der Waals surface area contributed by atoms with Crippen LogP contribution in [0.4, 0.5) is 5.82 Å². The Morgan fingerprint density at radius 1 is 1.04 bits per heavy atom. The number of imidazole rings is 1. The summed E-state index contributed by atoms with van der Waals surface area (Å²) in [7, 11) is -17.1. The molecule has 0 saturated carbocycles. The first-order valence-corrected chi connectivity index (χ1v) is 19.0. The average molecular weight is 817 g/mol. The predicted molar refractivity (Wildman–Crippen MR) is 164 cm³/mol. The topological polar surface area (TPSA) is 408 Å². The van der Waals surface area contributed by atoms with Gasteiger partial charge in [-0.3, -0.25) is 27.7 Å². The van der Waals surface area contributed by atoms with Gasteiger partial charge >= 0.3 is 29.4 Å². The summed E-state index contributed by atoms with van der Waals surface area (Å²) in [5.41, 5.74) is 10.9. The Labute approximate surface area is 294 Å². The summed E-state index contributed by atoms with van der Waals surface area (Å²) in [6.45, 7) is -2.74. The summed E-state index contributed by atoms with van der Waals surface area (Å²) in [4.78, 5) is 87.2. The van der Waals surface area contributed by atoms with Gasteiger partial charge in [0.05, 0.1) is 12.9 Å². The number of aliphatic hydroxyl groups excluding tert-OH is 3. The Kier molecular flexibility index (Phi) is 11.7. The lowest BCUT2D eigenvalue weighted by Gasteiger charge is -2.31. The van der Waals surface area contributed by atoms with Crippen LogP contribution in [0.1, 0.15) is 12.6 Å². The normalized spacial score (nSPS) is 31.2. The third kappa shape index (κ3) is 9.04. The molecule has 0 spiro atoms. The number of primary amides is 1. The number of phosphoric ester groups is 3. The second-order valence-electron chi connectivity index (χ2n) is 11.1. The number of nitrogens with two attached hydrogens (primary N) is 2. The van der Waals surface area contributed by atoms with Crippen molar-refractivity contribution in [1.29, 1.82) is 0 Å². The van der Waals surface area contributed by atoms with Crippen LogP contribution in [0, 0.1) is 0 Å². The van der Waals surface area contributed by atoms with Crippen molar-refractivity contribution in [3.05, 3.63) is 36.7 Å². The SMILES string of the molecule is NC(=O)C1=CN([C@@H]2O[C@H](COP(=O)(O)OP(=O)(O)OC[C@]3(OC(=O)C=O)O[C@@H](n4cnc5c(N)ncnc54)[C@H](OP(=O)(O)O)[C@H]3O)[C@@H](O)[C@H]2O)C=CC1. The molecule has 11 N–H and O–H groups in total. The van der Waals surface area contributed by atoms with E-state index in [2.05, 4.69) is 32.8 Å². The number of fused-ring (bicyclic) bond motifs is 1. The quantitative estimate of drug-likeness (QED) is 0.0364. The number of carbonyl (C=O) groups excluding carboxylic acids is 3. The van der Waals surface area contributed by atoms with Crippen molar-refractivity contribution >= 4 is 58.6 Å². The van der Waals surface area contributed by atoms with Gasteiger partial charge in [-0.05, 0) is 6.42 Å². The standard InChI is InChI=1S/C23H30N7O20P3/c24-18-13-20(27-8-26-18)30(9-28-13)22-16(49-51(37,38)39)17(35)23(48-22,47-12(32)5-31)7-45-53(42,43)50-52(40,41)44-6-11-14(33)15(34)21(46-11)29-3-1-2-10(4-29)19(25)36/h1,3-5,8-9,11,14-17,21-22,33-35H,2,6-7H2,(H2,25,36)(H,40,41)(H,42,43)(H2,24,26,27)(H2,37,38,39)/t11-,14-,15-,16-,17-,21-,22-,23+/m1/s1. The highest BCUT2D eigenvalue weighted by molar-refractivity contribution is 7.61. The number of aromatic nitrogens is 4. The maximum absolute atomic E-state index is 12.9. The Bertz CT molecular complexity index is 1960. The van der Waals surface area contributed by atoms with Crippen molar-refractivity contribution in [2.24, 2.45) is 5.73 Å². The summed E-state index contributed by atoms with van der Waals surface area (Å²) >= 11 is 0. The van der Waals surface area contributed by atoms with E-state index < -0.39 is 104 Å². The summed E-state index contributed by atoms with van der Waals surface area (Å²) < 4.78 is 72.3. The largest absolute Gasteiger partial charge is 0.481 e. The minimum Gasteiger partial charge on any atom is -0.422 e. The van der Waals surface area contributed by atoms with Gasteiger partial charge in [-0.25, -0.2) is 33.4 Å². The van der Waals surface area contributed by atoms with Gasteiger partial charge in [0.2, 0.25) is 12.2 Å². The van der Waals surface area contributed by atoms with Gasteiger partial charge in [0.25, 0.3) is 5.79 Å². The molecule has 3 aliphatic heterocycles. The number of ether oxygens (including phenoxy) is 3. The molecule has 2 aromatic heterocycles. The molecule has 10 atom stereocenters. The van der Waals surface area contributed by atoms with E-state index in [1.807, 2.05) is 0 Å². The monoisotopic (exact) mass is 817 g/mol. The minimum absolute atomic E-state index is 0.0935. The third-order valence-electron chi connectivity index (χ3n) is 7.56. The predicted octanol–water partition coefficient (Wildman–Crippen LogP) is -3.50. The molecule has 0 aromatic carbocycles. The van der Waals surface area contributed by atoms with Crippen molar-refractivity contribution in [2.45, 2.75) is 55.2 Å². The molecule has 0 bridgehead atoms. The molecule has 2 aromatic rings. The first-order chi connectivity index (χ1) is 24.7. The number of nitrogen functional groups attached to an aromatic ring is 1. The number of anilines is 1. The lowest BCUT2D eigenvalue weighted by Crippen LogP contribution is -2.50. The van der Waals surface area contributed by atoms with Crippen LogP contribution in [0.2, 0.25) is 0 Å². The summed E-state index contributed by atoms with van der Waals surface area (Å²) in [5, 5.41) is 32.0. The van der Waals surface area contributed by atoms with Gasteiger partial charge in [0, 0.05) is 18.0 Å². The molecule has 27 nitrogen and oxygen atoms in total. The fourth-order valence-electron chi connectivity index (χ4n) is 5.24. The molecule has 30 heteroatoms. The van der Waals surface area contributed by atoms with Crippen LogP contribution in [-0.2, 0) is 60.2 Å². The van der Waals surface area contributed by atoms with Crippen molar-refractivity contribution < 1.29 is 95.1 Å². The van der Waals surface area contributed by atoms with Crippen LogP contribution in [0.5, 0.6) is 0 Å². The number of phosphoric acid groups is 3. The zero-order chi connectivity index (χ0) is 39.1. The van der Waals surface area contributed by atoms with E-state index >= 15 is 0 Å².